The van der Waals surface area contributed by atoms with Crippen LogP contribution in [0, 0.1) is 11.3 Å². The van der Waals surface area contributed by atoms with Gasteiger partial charge in [-0.25, -0.2) is 0 Å². The van der Waals surface area contributed by atoms with E-state index in [4.69, 9.17) is 5.26 Å². The van der Waals surface area contributed by atoms with Gasteiger partial charge in [0.05, 0.1) is 0 Å². The average molecular weight is 191 g/mol. The van der Waals surface area contributed by atoms with E-state index in [0.29, 0.717) is 0 Å². The van der Waals surface area contributed by atoms with Crippen LogP contribution in [0.25, 0.3) is 5.57 Å². The Morgan fingerprint density at radius 1 is 1.62 bits per heavy atom. The second kappa shape index (κ2) is 4.84. The maximum Gasteiger partial charge on any atom is 0.112 e. The van der Waals surface area contributed by atoms with E-state index in [2.05, 4.69) is 26.0 Å². The van der Waals surface area contributed by atoms with Crippen LogP contribution in [0.1, 0.15) is 37.1 Å². The van der Waals surface area contributed by atoms with Gasteiger partial charge in [0.2, 0.25) is 0 Å². The molecule has 0 amide bonds. The number of thiophene rings is 1. The highest BCUT2D eigenvalue weighted by Gasteiger charge is 2.06. The molecule has 1 aromatic rings. The third kappa shape index (κ3) is 2.19. The molecule has 0 N–H and O–H groups in total. The van der Waals surface area contributed by atoms with Crippen molar-refractivity contribution >= 4 is 16.9 Å². The number of hydrogen-bond acceptors (Lipinski definition) is 2. The van der Waals surface area contributed by atoms with Crippen LogP contribution in [0.5, 0.6) is 0 Å². The maximum atomic E-state index is 8.85. The van der Waals surface area contributed by atoms with Gasteiger partial charge in [0.25, 0.3) is 0 Å². The van der Waals surface area contributed by atoms with Crippen molar-refractivity contribution in [1.82, 2.24) is 0 Å². The molecule has 68 valence electrons. The van der Waals surface area contributed by atoms with Gasteiger partial charge < -0.3 is 0 Å². The molecule has 0 unspecified atom stereocenters. The number of nitrogens with zero attached hydrogens (tertiary/aromatic N) is 1. The molecular weight excluding hydrogens is 178 g/mol. The first-order chi connectivity index (χ1) is 6.33. The summed E-state index contributed by atoms with van der Waals surface area (Å²) < 4.78 is 0. The molecule has 1 rings (SSSR count). The summed E-state index contributed by atoms with van der Waals surface area (Å²) in [5.74, 6) is 0. The van der Waals surface area contributed by atoms with Crippen molar-refractivity contribution in [3.8, 4) is 6.07 Å². The van der Waals surface area contributed by atoms with Gasteiger partial charge in [-0.05, 0) is 29.9 Å². The molecule has 1 heterocycles. The van der Waals surface area contributed by atoms with Gasteiger partial charge in [0, 0.05) is 5.56 Å². The molecule has 0 aliphatic carbocycles. The standard InChI is InChI=1S/C11H13NS/c1-3-5-9(4-2)10-6-7-13-11(10)8-12/h5-7H,3-4H2,1-2H3/b9-5+. The molecule has 0 saturated heterocycles. The highest BCUT2D eigenvalue weighted by molar-refractivity contribution is 7.10. The SMILES string of the molecule is CC/C=C(\CC)c1ccsc1C#N. The van der Waals surface area contributed by atoms with E-state index >= 15 is 0 Å². The molecule has 0 aliphatic rings. The monoisotopic (exact) mass is 191 g/mol. The molecule has 13 heavy (non-hydrogen) atoms. The lowest BCUT2D eigenvalue weighted by Gasteiger charge is -2.01. The molecular formula is C11H13NS. The predicted molar refractivity (Wildman–Crippen MR) is 57.6 cm³/mol. The van der Waals surface area contributed by atoms with Crippen molar-refractivity contribution in [2.75, 3.05) is 0 Å². The van der Waals surface area contributed by atoms with Gasteiger partial charge in [-0.1, -0.05) is 19.9 Å². The van der Waals surface area contributed by atoms with Crippen LogP contribution in [0.2, 0.25) is 0 Å². The predicted octanol–water partition coefficient (Wildman–Crippen LogP) is 3.82. The Morgan fingerprint density at radius 3 is 2.92 bits per heavy atom. The van der Waals surface area contributed by atoms with Crippen LogP contribution < -0.4 is 0 Å². The second-order valence-electron chi connectivity index (χ2n) is 2.77. The molecule has 1 nitrogen and oxygen atoms in total. The molecule has 0 bridgehead atoms. The fraction of sp³-hybridized carbons (Fsp3) is 0.364. The van der Waals surface area contributed by atoms with Gasteiger partial charge in [0.1, 0.15) is 10.9 Å². The van der Waals surface area contributed by atoms with Crippen LogP contribution in [0.4, 0.5) is 0 Å². The minimum Gasteiger partial charge on any atom is -0.192 e. The first-order valence-corrected chi connectivity index (χ1v) is 5.38. The Bertz CT molecular complexity index is 341. The molecule has 0 aromatic carbocycles. The summed E-state index contributed by atoms with van der Waals surface area (Å²) in [6, 6.07) is 4.26. The van der Waals surface area contributed by atoms with Gasteiger partial charge in [-0.2, -0.15) is 5.26 Å². The van der Waals surface area contributed by atoms with Crippen LogP contribution in [0.15, 0.2) is 17.5 Å². The Hall–Kier alpha value is -1.07. The normalized spacial score (nSPS) is 11.3. The van der Waals surface area contributed by atoms with E-state index in [1.807, 2.05) is 11.4 Å². The maximum absolute atomic E-state index is 8.85. The van der Waals surface area contributed by atoms with Crippen molar-refractivity contribution < 1.29 is 0 Å². The Morgan fingerprint density at radius 2 is 2.38 bits per heavy atom. The lowest BCUT2D eigenvalue weighted by atomic mass is 10.0. The topological polar surface area (TPSA) is 23.8 Å². The second-order valence-corrected chi connectivity index (χ2v) is 3.68. The Kier molecular flexibility index (Phi) is 3.72. The minimum absolute atomic E-state index is 0.835. The van der Waals surface area contributed by atoms with Crippen LogP contribution in [-0.2, 0) is 0 Å². The van der Waals surface area contributed by atoms with E-state index in [1.165, 1.54) is 16.9 Å². The molecule has 2 heteroatoms. The van der Waals surface area contributed by atoms with Crippen molar-refractivity contribution in [3.05, 3.63) is 28.0 Å². The zero-order valence-electron chi connectivity index (χ0n) is 8.00. The number of allylic oxidation sites excluding steroid dienone is 2. The summed E-state index contributed by atoms with van der Waals surface area (Å²) >= 11 is 1.52. The fourth-order valence-corrected chi connectivity index (χ4v) is 2.06. The zero-order chi connectivity index (χ0) is 9.68. The van der Waals surface area contributed by atoms with Gasteiger partial charge in [0.15, 0.2) is 0 Å². The summed E-state index contributed by atoms with van der Waals surface area (Å²) in [6.07, 6.45) is 4.23. The van der Waals surface area contributed by atoms with Crippen molar-refractivity contribution in [2.45, 2.75) is 26.7 Å². The first-order valence-electron chi connectivity index (χ1n) is 4.50. The van der Waals surface area contributed by atoms with E-state index in [1.54, 1.807) is 0 Å². The fourth-order valence-electron chi connectivity index (χ4n) is 1.34. The zero-order valence-corrected chi connectivity index (χ0v) is 8.82. The highest BCUT2D eigenvalue weighted by atomic mass is 32.1. The smallest absolute Gasteiger partial charge is 0.112 e. The third-order valence-corrected chi connectivity index (χ3v) is 2.76. The first kappa shape index (κ1) is 10.0. The van der Waals surface area contributed by atoms with E-state index in [-0.39, 0.29) is 0 Å². The third-order valence-electron chi connectivity index (χ3n) is 1.94. The minimum atomic E-state index is 0.835. The van der Waals surface area contributed by atoms with E-state index in [0.717, 1.165) is 23.3 Å². The molecule has 0 saturated carbocycles. The van der Waals surface area contributed by atoms with Gasteiger partial charge >= 0.3 is 0 Å². The Balaban J connectivity index is 3.06. The number of nitriles is 1. The van der Waals surface area contributed by atoms with Crippen molar-refractivity contribution in [2.24, 2.45) is 0 Å². The largest absolute Gasteiger partial charge is 0.192 e. The highest BCUT2D eigenvalue weighted by Crippen LogP contribution is 2.26. The van der Waals surface area contributed by atoms with E-state index < -0.39 is 0 Å². The molecule has 0 aliphatic heterocycles. The van der Waals surface area contributed by atoms with E-state index in [9.17, 15) is 0 Å². The molecule has 0 atom stereocenters. The summed E-state index contributed by atoms with van der Waals surface area (Å²) in [4.78, 5) is 0.835. The molecule has 0 spiro atoms. The van der Waals surface area contributed by atoms with Crippen LogP contribution in [-0.4, -0.2) is 0 Å². The summed E-state index contributed by atoms with van der Waals surface area (Å²) in [6.45, 7) is 4.24. The van der Waals surface area contributed by atoms with Crippen LogP contribution in [0.3, 0.4) is 0 Å². The molecule has 1 aromatic heterocycles. The van der Waals surface area contributed by atoms with Gasteiger partial charge in [-0.3, -0.25) is 0 Å². The molecule has 0 radical (unpaired) electrons. The Labute approximate surface area is 83.3 Å². The van der Waals surface area contributed by atoms with Crippen molar-refractivity contribution in [1.29, 1.82) is 5.26 Å². The number of hydrogen-bond donors (Lipinski definition) is 0. The van der Waals surface area contributed by atoms with Crippen LogP contribution >= 0.6 is 11.3 Å². The summed E-state index contributed by atoms with van der Waals surface area (Å²) in [7, 11) is 0. The lowest BCUT2D eigenvalue weighted by Crippen LogP contribution is -1.82. The average Bonchev–Trinajstić information content (AvgIpc) is 2.61. The van der Waals surface area contributed by atoms with Crippen molar-refractivity contribution in [3.63, 3.8) is 0 Å². The van der Waals surface area contributed by atoms with Gasteiger partial charge in [-0.15, -0.1) is 11.3 Å². The molecule has 0 fully saturated rings. The summed E-state index contributed by atoms with van der Waals surface area (Å²) in [5.41, 5.74) is 2.41. The quantitative estimate of drug-likeness (QED) is 0.712. The number of rotatable bonds is 3. The lowest BCUT2D eigenvalue weighted by molar-refractivity contribution is 1.17. The summed E-state index contributed by atoms with van der Waals surface area (Å²) in [5, 5.41) is 10.8.